The van der Waals surface area contributed by atoms with Crippen molar-refractivity contribution in [3.05, 3.63) is 22.2 Å². The third kappa shape index (κ3) is 1.43. The molecule has 0 bridgehead atoms. The first-order chi connectivity index (χ1) is 5.70. The van der Waals surface area contributed by atoms with Gasteiger partial charge in [-0.25, -0.2) is 0 Å². The average molecular weight is 229 g/mol. The predicted octanol–water partition coefficient (Wildman–Crippen LogP) is 2.04. The van der Waals surface area contributed by atoms with Crippen LogP contribution in [0.1, 0.15) is 5.56 Å². The third-order valence-electron chi connectivity index (χ3n) is 1.53. The molecule has 1 aromatic rings. The van der Waals surface area contributed by atoms with Gasteiger partial charge in [-0.15, -0.1) is 0 Å². The molecular weight excluding hydrogens is 220 g/mol. The van der Waals surface area contributed by atoms with Gasteiger partial charge in [0.1, 0.15) is 5.75 Å². The van der Waals surface area contributed by atoms with Crippen LogP contribution in [0, 0.1) is 5.41 Å². The molecule has 0 aliphatic carbocycles. The van der Waals surface area contributed by atoms with Crippen LogP contribution >= 0.6 is 15.9 Å². The summed E-state index contributed by atoms with van der Waals surface area (Å²) in [5.41, 5.74) is 6.77. The van der Waals surface area contributed by atoms with Crippen LogP contribution < -0.4 is 10.5 Å². The van der Waals surface area contributed by atoms with Crippen molar-refractivity contribution in [1.29, 1.82) is 5.41 Å². The fourth-order valence-corrected chi connectivity index (χ4v) is 1.45. The maximum Gasteiger partial charge on any atom is 0.143 e. The molecule has 0 aliphatic rings. The minimum Gasteiger partial charge on any atom is -0.495 e. The van der Waals surface area contributed by atoms with Crippen LogP contribution in [0.5, 0.6) is 5.75 Å². The maximum absolute atomic E-state index is 7.12. The average Bonchev–Trinajstić information content (AvgIpc) is 2.08. The van der Waals surface area contributed by atoms with Gasteiger partial charge in [0.05, 0.1) is 17.1 Å². The second-order valence-corrected chi connectivity index (χ2v) is 3.08. The highest BCUT2D eigenvalue weighted by Crippen LogP contribution is 2.31. The molecule has 64 valence electrons. The molecule has 0 saturated carbocycles. The molecule has 0 aliphatic heterocycles. The van der Waals surface area contributed by atoms with Gasteiger partial charge in [0.25, 0.3) is 0 Å². The molecule has 0 radical (unpaired) electrons. The number of hydrogen-bond donors (Lipinski definition) is 2. The first-order valence-corrected chi connectivity index (χ1v) is 4.12. The Morgan fingerprint density at radius 2 is 2.25 bits per heavy atom. The van der Waals surface area contributed by atoms with Gasteiger partial charge >= 0.3 is 0 Å². The Labute approximate surface area is 79.2 Å². The number of ether oxygens (including phenoxy) is 1. The smallest absolute Gasteiger partial charge is 0.143 e. The number of halogens is 1. The molecule has 0 unspecified atom stereocenters. The molecule has 0 heterocycles. The number of anilines is 1. The zero-order chi connectivity index (χ0) is 9.14. The van der Waals surface area contributed by atoms with Gasteiger partial charge in [-0.3, -0.25) is 0 Å². The lowest BCUT2D eigenvalue weighted by Gasteiger charge is -2.08. The molecule has 0 atom stereocenters. The van der Waals surface area contributed by atoms with E-state index < -0.39 is 0 Å². The molecule has 0 spiro atoms. The van der Waals surface area contributed by atoms with E-state index in [2.05, 4.69) is 15.9 Å². The highest BCUT2D eigenvalue weighted by Gasteiger charge is 2.07. The fraction of sp³-hybridized carbons (Fsp3) is 0.125. The molecule has 1 aromatic carbocycles. The van der Waals surface area contributed by atoms with Crippen molar-refractivity contribution < 1.29 is 4.74 Å². The van der Waals surface area contributed by atoms with Gasteiger partial charge in [0, 0.05) is 11.9 Å². The lowest BCUT2D eigenvalue weighted by molar-refractivity contribution is 0.412. The lowest BCUT2D eigenvalue weighted by Crippen LogP contribution is -1.97. The topological polar surface area (TPSA) is 59.1 Å². The van der Waals surface area contributed by atoms with Crippen LogP contribution in [0.3, 0.4) is 0 Å². The Bertz CT molecular complexity index is 312. The van der Waals surface area contributed by atoms with Crippen LogP contribution in [0.15, 0.2) is 16.6 Å². The Kier molecular flexibility index (Phi) is 2.70. The predicted molar refractivity (Wildman–Crippen MR) is 53.0 cm³/mol. The number of hydrogen-bond acceptors (Lipinski definition) is 3. The van der Waals surface area contributed by atoms with E-state index in [1.807, 2.05) is 0 Å². The molecule has 0 amide bonds. The second-order valence-electron chi connectivity index (χ2n) is 2.23. The highest BCUT2D eigenvalue weighted by molar-refractivity contribution is 9.10. The summed E-state index contributed by atoms with van der Waals surface area (Å²) in [5.74, 6) is 0.602. The number of nitrogen functional groups attached to an aromatic ring is 1. The van der Waals surface area contributed by atoms with Gasteiger partial charge < -0.3 is 15.9 Å². The van der Waals surface area contributed by atoms with Crippen LogP contribution in [-0.4, -0.2) is 13.3 Å². The largest absolute Gasteiger partial charge is 0.495 e. The van der Waals surface area contributed by atoms with Gasteiger partial charge in [0.15, 0.2) is 0 Å². The maximum atomic E-state index is 7.12. The van der Waals surface area contributed by atoms with Crippen LogP contribution in [0.25, 0.3) is 0 Å². The first-order valence-electron chi connectivity index (χ1n) is 3.33. The zero-order valence-corrected chi connectivity index (χ0v) is 8.18. The van der Waals surface area contributed by atoms with Crippen molar-refractivity contribution in [2.45, 2.75) is 0 Å². The van der Waals surface area contributed by atoms with Gasteiger partial charge in [0.2, 0.25) is 0 Å². The number of benzene rings is 1. The van der Waals surface area contributed by atoms with E-state index in [1.54, 1.807) is 19.2 Å². The van der Waals surface area contributed by atoms with Crippen LogP contribution in [0.4, 0.5) is 5.69 Å². The molecule has 4 heteroatoms. The molecule has 0 aromatic heterocycles. The molecule has 3 N–H and O–H groups in total. The van der Waals surface area contributed by atoms with Crippen molar-refractivity contribution >= 4 is 27.8 Å². The summed E-state index contributed by atoms with van der Waals surface area (Å²) < 4.78 is 5.87. The van der Waals surface area contributed by atoms with Crippen molar-refractivity contribution in [1.82, 2.24) is 0 Å². The summed E-state index contributed by atoms with van der Waals surface area (Å²) in [4.78, 5) is 0. The SMILES string of the molecule is COc1c(Br)ccc(N)c1C=N. The van der Waals surface area contributed by atoms with E-state index >= 15 is 0 Å². The van der Waals surface area contributed by atoms with E-state index in [0.717, 1.165) is 4.47 Å². The van der Waals surface area contributed by atoms with Gasteiger partial charge in [-0.05, 0) is 28.1 Å². The summed E-state index contributed by atoms with van der Waals surface area (Å²) in [7, 11) is 1.55. The summed E-state index contributed by atoms with van der Waals surface area (Å²) >= 11 is 3.30. The molecule has 12 heavy (non-hydrogen) atoms. The number of rotatable bonds is 2. The van der Waals surface area contributed by atoms with Gasteiger partial charge in [-0.2, -0.15) is 0 Å². The Morgan fingerprint density at radius 1 is 1.58 bits per heavy atom. The lowest BCUT2D eigenvalue weighted by atomic mass is 10.2. The standard InChI is InChI=1S/C8H9BrN2O/c1-12-8-5(4-10)7(11)3-2-6(8)9/h2-4,10H,11H2,1H3. The minimum atomic E-state index is 0.546. The summed E-state index contributed by atoms with van der Waals surface area (Å²) in [6, 6.07) is 3.52. The second kappa shape index (κ2) is 3.58. The number of nitrogens with two attached hydrogens (primary N) is 1. The van der Waals surface area contributed by atoms with E-state index in [1.165, 1.54) is 6.21 Å². The Balaban J connectivity index is 3.38. The van der Waals surface area contributed by atoms with Gasteiger partial charge in [-0.1, -0.05) is 0 Å². The molecule has 1 rings (SSSR count). The van der Waals surface area contributed by atoms with Crippen molar-refractivity contribution in [2.24, 2.45) is 0 Å². The summed E-state index contributed by atoms with van der Waals surface area (Å²) in [5, 5.41) is 7.12. The molecule has 0 saturated heterocycles. The monoisotopic (exact) mass is 228 g/mol. The molecule has 3 nitrogen and oxygen atoms in total. The molecular formula is C8H9BrN2O. The quantitative estimate of drug-likeness (QED) is 0.602. The highest BCUT2D eigenvalue weighted by atomic mass is 79.9. The zero-order valence-electron chi connectivity index (χ0n) is 6.60. The van der Waals surface area contributed by atoms with E-state index in [4.69, 9.17) is 15.9 Å². The summed E-state index contributed by atoms with van der Waals surface area (Å²) in [6.45, 7) is 0. The Hall–Kier alpha value is -1.03. The first kappa shape index (κ1) is 9.06. The van der Waals surface area contributed by atoms with Crippen molar-refractivity contribution in [3.8, 4) is 5.75 Å². The van der Waals surface area contributed by atoms with E-state index in [0.29, 0.717) is 17.0 Å². The number of nitrogens with one attached hydrogen (secondary N) is 1. The third-order valence-corrected chi connectivity index (χ3v) is 2.15. The van der Waals surface area contributed by atoms with Crippen molar-refractivity contribution in [2.75, 3.05) is 12.8 Å². The fourth-order valence-electron chi connectivity index (χ4n) is 0.944. The van der Waals surface area contributed by atoms with Crippen molar-refractivity contribution in [3.63, 3.8) is 0 Å². The van der Waals surface area contributed by atoms with E-state index in [-0.39, 0.29) is 0 Å². The van der Waals surface area contributed by atoms with Crippen LogP contribution in [0.2, 0.25) is 0 Å². The normalized spacial score (nSPS) is 9.50. The Morgan fingerprint density at radius 3 is 2.67 bits per heavy atom. The van der Waals surface area contributed by atoms with Crippen LogP contribution in [-0.2, 0) is 0 Å². The minimum absolute atomic E-state index is 0.546. The molecule has 0 fully saturated rings. The summed E-state index contributed by atoms with van der Waals surface area (Å²) in [6.07, 6.45) is 1.18. The number of methoxy groups -OCH3 is 1. The van der Waals surface area contributed by atoms with E-state index in [9.17, 15) is 0 Å².